The summed E-state index contributed by atoms with van der Waals surface area (Å²) in [6.07, 6.45) is 8.50. The maximum atomic E-state index is 11.6. The Bertz CT molecular complexity index is 354. The van der Waals surface area contributed by atoms with Gasteiger partial charge in [0.25, 0.3) is 0 Å². The number of ether oxygens (including phenoxy) is 1. The highest BCUT2D eigenvalue weighted by atomic mass is 16.6. The van der Waals surface area contributed by atoms with Crippen molar-refractivity contribution < 1.29 is 9.53 Å². The molecular formula is C15H26N2O2. The summed E-state index contributed by atoms with van der Waals surface area (Å²) in [4.78, 5) is 11.6. The van der Waals surface area contributed by atoms with E-state index in [9.17, 15) is 4.79 Å². The second-order valence-electron chi connectivity index (χ2n) is 5.94. The third-order valence-electron chi connectivity index (χ3n) is 2.61. The van der Waals surface area contributed by atoms with Crippen LogP contribution in [0.4, 0.5) is 4.79 Å². The van der Waals surface area contributed by atoms with Gasteiger partial charge in [-0.15, -0.1) is 0 Å². The van der Waals surface area contributed by atoms with E-state index >= 15 is 0 Å². The highest BCUT2D eigenvalue weighted by molar-refractivity contribution is 5.68. The average molecular weight is 266 g/mol. The molecule has 1 aliphatic carbocycles. The third-order valence-corrected chi connectivity index (χ3v) is 2.61. The van der Waals surface area contributed by atoms with Gasteiger partial charge >= 0.3 is 6.09 Å². The Morgan fingerprint density at radius 3 is 2.74 bits per heavy atom. The first-order chi connectivity index (χ1) is 8.87. The second-order valence-corrected chi connectivity index (χ2v) is 5.94. The minimum Gasteiger partial charge on any atom is -0.444 e. The standard InChI is InChI=1S/C15H26N2O2/c1-12(17-14(18)19-15(2,3)4)10-16-11-13-8-6-5-7-9-13/h6,8-9,12,16H,5,7,10-11H2,1-4H3,(H,17,18). The molecule has 4 heteroatoms. The van der Waals surface area contributed by atoms with Gasteiger partial charge in [0.1, 0.15) is 5.60 Å². The summed E-state index contributed by atoms with van der Waals surface area (Å²) >= 11 is 0. The largest absolute Gasteiger partial charge is 0.444 e. The number of amides is 1. The molecule has 0 aromatic heterocycles. The number of carbonyl (C=O) groups is 1. The number of hydrogen-bond donors (Lipinski definition) is 2. The number of carbonyl (C=O) groups excluding carboxylic acids is 1. The van der Waals surface area contributed by atoms with Crippen molar-refractivity contribution in [3.8, 4) is 0 Å². The van der Waals surface area contributed by atoms with Gasteiger partial charge in [0, 0.05) is 19.1 Å². The molecule has 0 aromatic rings. The van der Waals surface area contributed by atoms with Crippen LogP contribution < -0.4 is 10.6 Å². The molecule has 0 radical (unpaired) electrons. The van der Waals surface area contributed by atoms with Crippen LogP contribution in [0.25, 0.3) is 0 Å². The molecule has 0 heterocycles. The minimum absolute atomic E-state index is 0.0445. The van der Waals surface area contributed by atoms with Crippen LogP contribution in [-0.2, 0) is 4.74 Å². The summed E-state index contributed by atoms with van der Waals surface area (Å²) < 4.78 is 5.20. The second kappa shape index (κ2) is 7.34. The Morgan fingerprint density at radius 1 is 1.42 bits per heavy atom. The third kappa shape index (κ3) is 7.67. The molecule has 0 aromatic carbocycles. The van der Waals surface area contributed by atoms with Crippen LogP contribution in [0.15, 0.2) is 23.8 Å². The predicted octanol–water partition coefficient (Wildman–Crippen LogP) is 2.77. The fraction of sp³-hybridized carbons (Fsp3) is 0.667. The molecule has 4 nitrogen and oxygen atoms in total. The van der Waals surface area contributed by atoms with Gasteiger partial charge in [0.05, 0.1) is 0 Å². The lowest BCUT2D eigenvalue weighted by Gasteiger charge is -2.22. The van der Waals surface area contributed by atoms with E-state index in [0.29, 0.717) is 0 Å². The number of nitrogens with one attached hydrogen (secondary N) is 2. The lowest BCUT2D eigenvalue weighted by molar-refractivity contribution is 0.0508. The van der Waals surface area contributed by atoms with Crippen LogP contribution in [0, 0.1) is 0 Å². The van der Waals surface area contributed by atoms with Gasteiger partial charge in [0.2, 0.25) is 0 Å². The van der Waals surface area contributed by atoms with Crippen molar-refractivity contribution in [2.45, 2.75) is 52.2 Å². The van der Waals surface area contributed by atoms with E-state index in [4.69, 9.17) is 4.74 Å². The average Bonchev–Trinajstić information content (AvgIpc) is 2.27. The smallest absolute Gasteiger partial charge is 0.407 e. The Morgan fingerprint density at radius 2 is 2.16 bits per heavy atom. The SMILES string of the molecule is CC(CNCC1=CCCC=C1)NC(=O)OC(C)(C)C. The van der Waals surface area contributed by atoms with Crippen LogP contribution >= 0.6 is 0 Å². The van der Waals surface area contributed by atoms with Crippen molar-refractivity contribution in [1.82, 2.24) is 10.6 Å². The van der Waals surface area contributed by atoms with Gasteiger partial charge in [-0.25, -0.2) is 4.79 Å². The Labute approximate surface area is 116 Å². The topological polar surface area (TPSA) is 50.4 Å². The van der Waals surface area contributed by atoms with Crippen LogP contribution in [0.3, 0.4) is 0 Å². The predicted molar refractivity (Wildman–Crippen MR) is 78.2 cm³/mol. The summed E-state index contributed by atoms with van der Waals surface area (Å²) in [7, 11) is 0. The maximum Gasteiger partial charge on any atom is 0.407 e. The minimum atomic E-state index is -0.449. The molecule has 1 unspecified atom stereocenters. The van der Waals surface area contributed by atoms with Crippen LogP contribution in [-0.4, -0.2) is 30.8 Å². The summed E-state index contributed by atoms with van der Waals surface area (Å²) in [6, 6.07) is 0.0445. The first-order valence-electron chi connectivity index (χ1n) is 6.92. The zero-order valence-corrected chi connectivity index (χ0v) is 12.5. The highest BCUT2D eigenvalue weighted by Crippen LogP contribution is 2.08. The molecule has 0 bridgehead atoms. The van der Waals surface area contributed by atoms with Gasteiger partial charge in [0.15, 0.2) is 0 Å². The van der Waals surface area contributed by atoms with Crippen molar-refractivity contribution in [3.05, 3.63) is 23.8 Å². The van der Waals surface area contributed by atoms with Crippen LogP contribution in [0.2, 0.25) is 0 Å². The summed E-state index contributed by atoms with van der Waals surface area (Å²) in [5.41, 5.74) is 0.866. The molecule has 1 atom stereocenters. The molecule has 19 heavy (non-hydrogen) atoms. The van der Waals surface area contributed by atoms with E-state index in [1.165, 1.54) is 5.57 Å². The van der Waals surface area contributed by atoms with Gasteiger partial charge < -0.3 is 15.4 Å². The van der Waals surface area contributed by atoms with Gasteiger partial charge in [-0.05, 0) is 46.1 Å². The van der Waals surface area contributed by atoms with E-state index in [2.05, 4.69) is 28.9 Å². The molecule has 0 saturated carbocycles. The van der Waals surface area contributed by atoms with Crippen molar-refractivity contribution >= 4 is 6.09 Å². The van der Waals surface area contributed by atoms with Crippen LogP contribution in [0.1, 0.15) is 40.5 Å². The molecule has 1 amide bonds. The molecular weight excluding hydrogens is 240 g/mol. The van der Waals surface area contributed by atoms with Gasteiger partial charge in [-0.3, -0.25) is 0 Å². The summed E-state index contributed by atoms with van der Waals surface area (Å²) in [6.45, 7) is 9.11. The zero-order valence-electron chi connectivity index (χ0n) is 12.5. The van der Waals surface area contributed by atoms with Gasteiger partial charge in [-0.2, -0.15) is 0 Å². The summed E-state index contributed by atoms with van der Waals surface area (Å²) in [5.74, 6) is 0. The van der Waals surface area contributed by atoms with Crippen molar-refractivity contribution in [2.75, 3.05) is 13.1 Å². The Hall–Kier alpha value is -1.29. The first kappa shape index (κ1) is 15.8. The summed E-state index contributed by atoms with van der Waals surface area (Å²) in [5, 5.41) is 6.15. The molecule has 108 valence electrons. The molecule has 1 aliphatic rings. The molecule has 1 rings (SSSR count). The molecule has 0 saturated heterocycles. The Balaban J connectivity index is 2.17. The molecule has 0 aliphatic heterocycles. The fourth-order valence-corrected chi connectivity index (χ4v) is 1.79. The van der Waals surface area contributed by atoms with Crippen LogP contribution in [0.5, 0.6) is 0 Å². The monoisotopic (exact) mass is 266 g/mol. The maximum absolute atomic E-state index is 11.6. The number of alkyl carbamates (subject to hydrolysis) is 1. The quantitative estimate of drug-likeness (QED) is 0.804. The van der Waals surface area contributed by atoms with E-state index < -0.39 is 5.60 Å². The van der Waals surface area contributed by atoms with Crippen molar-refractivity contribution in [3.63, 3.8) is 0 Å². The van der Waals surface area contributed by atoms with E-state index in [1.807, 2.05) is 27.7 Å². The molecule has 2 N–H and O–H groups in total. The fourth-order valence-electron chi connectivity index (χ4n) is 1.79. The highest BCUT2D eigenvalue weighted by Gasteiger charge is 2.17. The molecule has 0 fully saturated rings. The lowest BCUT2D eigenvalue weighted by atomic mass is 10.1. The number of allylic oxidation sites excluding steroid dienone is 2. The van der Waals surface area contributed by atoms with E-state index in [-0.39, 0.29) is 12.1 Å². The van der Waals surface area contributed by atoms with Crippen molar-refractivity contribution in [1.29, 1.82) is 0 Å². The first-order valence-corrected chi connectivity index (χ1v) is 6.92. The Kier molecular flexibility index (Phi) is 6.09. The van der Waals surface area contributed by atoms with Gasteiger partial charge in [-0.1, -0.05) is 18.2 Å². The van der Waals surface area contributed by atoms with Crippen molar-refractivity contribution in [2.24, 2.45) is 0 Å². The number of hydrogen-bond acceptors (Lipinski definition) is 3. The van der Waals surface area contributed by atoms with E-state index in [0.717, 1.165) is 25.9 Å². The van der Waals surface area contributed by atoms with E-state index in [1.54, 1.807) is 0 Å². The zero-order chi connectivity index (χ0) is 14.3. The number of rotatable bonds is 5. The molecule has 0 spiro atoms. The normalized spacial score (nSPS) is 16.7. The lowest BCUT2D eigenvalue weighted by Crippen LogP contribution is -2.42.